The van der Waals surface area contributed by atoms with Gasteiger partial charge in [0, 0.05) is 5.56 Å². The molecule has 0 aliphatic rings. The molecule has 1 atom stereocenters. The van der Waals surface area contributed by atoms with Crippen molar-refractivity contribution in [1.82, 2.24) is 5.32 Å². The predicted molar refractivity (Wildman–Crippen MR) is 104 cm³/mol. The Morgan fingerprint density at radius 1 is 1.04 bits per heavy atom. The number of amides is 1. The Morgan fingerprint density at radius 3 is 2.15 bits per heavy atom. The second-order valence-corrected chi connectivity index (χ2v) is 7.94. The molecule has 0 aliphatic heterocycles. The van der Waals surface area contributed by atoms with Crippen molar-refractivity contribution in [3.8, 4) is 0 Å². The fourth-order valence-corrected chi connectivity index (χ4v) is 2.82. The molecule has 0 unspecified atom stereocenters. The zero-order valence-electron chi connectivity index (χ0n) is 14.8. The van der Waals surface area contributed by atoms with Crippen molar-refractivity contribution in [2.45, 2.75) is 38.6 Å². The third-order valence-corrected chi connectivity index (χ3v) is 4.78. The van der Waals surface area contributed by atoms with Gasteiger partial charge in [-0.2, -0.15) is 0 Å². The SMILES string of the molecule is CC(C)(C)c1ccc([C@H](CC(=O)O)NC(=O)c2ccc(Cl)c(Cl)c2)cc1. The van der Waals surface area contributed by atoms with Crippen LogP contribution in [0.2, 0.25) is 10.0 Å². The molecule has 0 fully saturated rings. The molecular formula is C20H21Cl2NO3. The molecule has 2 aromatic rings. The van der Waals surface area contributed by atoms with E-state index in [2.05, 4.69) is 26.1 Å². The molecule has 2 rings (SSSR count). The second kappa shape index (κ2) is 8.11. The number of carbonyl (C=O) groups excluding carboxylic acids is 1. The highest BCUT2D eigenvalue weighted by atomic mass is 35.5. The van der Waals surface area contributed by atoms with Gasteiger partial charge in [0.1, 0.15) is 0 Å². The smallest absolute Gasteiger partial charge is 0.305 e. The van der Waals surface area contributed by atoms with Gasteiger partial charge in [-0.25, -0.2) is 0 Å². The van der Waals surface area contributed by atoms with Crippen LogP contribution in [0.25, 0.3) is 0 Å². The molecule has 2 aromatic carbocycles. The number of aliphatic carboxylic acids is 1. The molecule has 138 valence electrons. The van der Waals surface area contributed by atoms with Gasteiger partial charge in [0.25, 0.3) is 5.91 Å². The largest absolute Gasteiger partial charge is 0.481 e. The van der Waals surface area contributed by atoms with Crippen LogP contribution in [0.4, 0.5) is 0 Å². The maximum atomic E-state index is 12.5. The van der Waals surface area contributed by atoms with Crippen molar-refractivity contribution < 1.29 is 14.7 Å². The normalized spacial score (nSPS) is 12.5. The second-order valence-electron chi connectivity index (χ2n) is 7.12. The molecule has 0 saturated carbocycles. The van der Waals surface area contributed by atoms with Gasteiger partial charge >= 0.3 is 5.97 Å². The summed E-state index contributed by atoms with van der Waals surface area (Å²) in [6.45, 7) is 6.30. The third kappa shape index (κ3) is 5.23. The molecule has 2 N–H and O–H groups in total. The lowest BCUT2D eigenvalue weighted by atomic mass is 9.86. The Morgan fingerprint density at radius 2 is 1.65 bits per heavy atom. The molecule has 0 aliphatic carbocycles. The highest BCUT2D eigenvalue weighted by molar-refractivity contribution is 6.42. The Kier molecular flexibility index (Phi) is 6.32. The molecular weight excluding hydrogens is 373 g/mol. The molecule has 0 heterocycles. The third-order valence-electron chi connectivity index (χ3n) is 4.04. The zero-order chi connectivity index (χ0) is 19.5. The summed E-state index contributed by atoms with van der Waals surface area (Å²) in [4.78, 5) is 23.7. The summed E-state index contributed by atoms with van der Waals surface area (Å²) in [7, 11) is 0. The van der Waals surface area contributed by atoms with E-state index in [1.807, 2.05) is 24.3 Å². The van der Waals surface area contributed by atoms with Crippen LogP contribution in [0.1, 0.15) is 54.7 Å². The highest BCUT2D eigenvalue weighted by Crippen LogP contribution is 2.26. The maximum Gasteiger partial charge on any atom is 0.305 e. The minimum atomic E-state index is -0.996. The van der Waals surface area contributed by atoms with Crippen LogP contribution in [0.15, 0.2) is 42.5 Å². The van der Waals surface area contributed by atoms with E-state index in [9.17, 15) is 14.7 Å². The van der Waals surface area contributed by atoms with E-state index in [0.717, 1.165) is 11.1 Å². The van der Waals surface area contributed by atoms with Crippen molar-refractivity contribution in [3.05, 3.63) is 69.2 Å². The van der Waals surface area contributed by atoms with Crippen LogP contribution in [0.3, 0.4) is 0 Å². The van der Waals surface area contributed by atoms with Gasteiger partial charge in [0.15, 0.2) is 0 Å². The van der Waals surface area contributed by atoms with Crippen LogP contribution in [0, 0.1) is 0 Å². The van der Waals surface area contributed by atoms with Crippen molar-refractivity contribution >= 4 is 35.1 Å². The maximum absolute atomic E-state index is 12.5. The molecule has 0 aromatic heterocycles. The number of benzene rings is 2. The average molecular weight is 394 g/mol. The number of carboxylic acids is 1. The molecule has 0 bridgehead atoms. The van der Waals surface area contributed by atoms with E-state index >= 15 is 0 Å². The summed E-state index contributed by atoms with van der Waals surface area (Å²) in [5.41, 5.74) is 2.17. The van der Waals surface area contributed by atoms with Gasteiger partial charge in [-0.05, 0) is 34.7 Å². The van der Waals surface area contributed by atoms with E-state index in [4.69, 9.17) is 23.2 Å². The minimum Gasteiger partial charge on any atom is -0.481 e. The number of hydrogen-bond donors (Lipinski definition) is 2. The van der Waals surface area contributed by atoms with E-state index in [1.54, 1.807) is 6.07 Å². The number of nitrogens with one attached hydrogen (secondary N) is 1. The standard InChI is InChI=1S/C20H21Cl2NO3/c1-20(2,3)14-7-4-12(5-8-14)17(11-18(24)25)23-19(26)13-6-9-15(21)16(22)10-13/h4-10,17H,11H2,1-3H3,(H,23,26)(H,24,25)/t17-/m0/s1. The Balaban J connectivity index is 2.25. The summed E-state index contributed by atoms with van der Waals surface area (Å²) in [6, 6.07) is 11.5. The summed E-state index contributed by atoms with van der Waals surface area (Å²) >= 11 is 11.8. The van der Waals surface area contributed by atoms with Crippen LogP contribution in [0.5, 0.6) is 0 Å². The molecule has 26 heavy (non-hydrogen) atoms. The lowest BCUT2D eigenvalue weighted by molar-refractivity contribution is -0.137. The molecule has 6 heteroatoms. The number of carboxylic acid groups (broad SMARTS) is 1. The van der Waals surface area contributed by atoms with Crippen LogP contribution < -0.4 is 5.32 Å². The van der Waals surface area contributed by atoms with Gasteiger partial charge < -0.3 is 10.4 Å². The molecule has 0 spiro atoms. The van der Waals surface area contributed by atoms with Crippen molar-refractivity contribution in [2.75, 3.05) is 0 Å². The van der Waals surface area contributed by atoms with Crippen molar-refractivity contribution in [1.29, 1.82) is 0 Å². The van der Waals surface area contributed by atoms with Crippen molar-refractivity contribution in [2.24, 2.45) is 0 Å². The summed E-state index contributed by atoms with van der Waals surface area (Å²) in [5.74, 6) is -1.40. The van der Waals surface area contributed by atoms with E-state index < -0.39 is 17.9 Å². The van der Waals surface area contributed by atoms with Crippen LogP contribution >= 0.6 is 23.2 Å². The first-order valence-corrected chi connectivity index (χ1v) is 8.91. The summed E-state index contributed by atoms with van der Waals surface area (Å²) < 4.78 is 0. The number of rotatable bonds is 5. The number of halogens is 2. The monoisotopic (exact) mass is 393 g/mol. The van der Waals surface area contributed by atoms with Crippen molar-refractivity contribution in [3.63, 3.8) is 0 Å². The number of carbonyl (C=O) groups is 2. The van der Waals surface area contributed by atoms with Gasteiger partial charge in [0.2, 0.25) is 0 Å². The Labute approximate surface area is 163 Å². The predicted octanol–water partition coefficient (Wildman–Crippen LogP) is 5.24. The van der Waals surface area contributed by atoms with E-state index in [0.29, 0.717) is 10.6 Å². The topological polar surface area (TPSA) is 66.4 Å². The van der Waals surface area contributed by atoms with Gasteiger partial charge in [0.05, 0.1) is 22.5 Å². The van der Waals surface area contributed by atoms with Crippen LogP contribution in [-0.2, 0) is 10.2 Å². The first kappa shape index (κ1) is 20.3. The first-order chi connectivity index (χ1) is 12.1. The quantitative estimate of drug-likeness (QED) is 0.729. The molecule has 0 saturated heterocycles. The Hall–Kier alpha value is -2.04. The summed E-state index contributed by atoms with van der Waals surface area (Å²) in [6.07, 6.45) is -0.220. The fraction of sp³-hybridized carbons (Fsp3) is 0.300. The van der Waals surface area contributed by atoms with E-state index in [-0.39, 0.29) is 16.9 Å². The lowest BCUT2D eigenvalue weighted by Crippen LogP contribution is -2.30. The average Bonchev–Trinajstić information content (AvgIpc) is 2.55. The van der Waals surface area contributed by atoms with Crippen LogP contribution in [-0.4, -0.2) is 17.0 Å². The van der Waals surface area contributed by atoms with Gasteiger partial charge in [-0.1, -0.05) is 68.2 Å². The Bertz CT molecular complexity index is 811. The molecule has 1 amide bonds. The lowest BCUT2D eigenvalue weighted by Gasteiger charge is -2.22. The highest BCUT2D eigenvalue weighted by Gasteiger charge is 2.21. The first-order valence-electron chi connectivity index (χ1n) is 8.16. The summed E-state index contributed by atoms with van der Waals surface area (Å²) in [5, 5.41) is 12.6. The van der Waals surface area contributed by atoms with E-state index in [1.165, 1.54) is 12.1 Å². The minimum absolute atomic E-state index is 0.00979. The van der Waals surface area contributed by atoms with Gasteiger partial charge in [-0.3, -0.25) is 9.59 Å². The molecule has 0 radical (unpaired) electrons. The fourth-order valence-electron chi connectivity index (χ4n) is 2.52. The zero-order valence-corrected chi connectivity index (χ0v) is 16.4. The number of hydrogen-bond acceptors (Lipinski definition) is 2. The van der Waals surface area contributed by atoms with Gasteiger partial charge in [-0.15, -0.1) is 0 Å². The molecule has 4 nitrogen and oxygen atoms in total.